The maximum Gasteiger partial charge on any atom is 0.251 e. The molecule has 27 heavy (non-hydrogen) atoms. The number of rotatable bonds is 6. The Morgan fingerprint density at radius 1 is 1.26 bits per heavy atom. The molecule has 1 amide bonds. The molecule has 0 radical (unpaired) electrons. The molecular formula is C19H24Cl2N4O2. The standard InChI is InChI=1S/C19H22N4O2.2ClH/c1-13-6-7-18-22-16(11-23(18)10-13)12-25-17-5-3-4-15(8-17)19(24)21-14(2)9-20;;/h3-8,10-11,14H,9,12,20H2,1-2H3,(H,21,24);2*1H/t14-;;/m0../s1. The maximum atomic E-state index is 12.2. The topological polar surface area (TPSA) is 81.6 Å². The van der Waals surface area contributed by atoms with Crippen LogP contribution in [0.1, 0.15) is 28.5 Å². The molecule has 6 nitrogen and oxygen atoms in total. The Bertz CT molecular complexity index is 898. The highest BCUT2D eigenvalue weighted by Gasteiger charge is 2.10. The molecule has 0 unspecified atom stereocenters. The Kier molecular flexibility index (Phi) is 8.56. The predicted molar refractivity (Wildman–Crippen MR) is 111 cm³/mol. The van der Waals surface area contributed by atoms with Crippen molar-refractivity contribution >= 4 is 36.4 Å². The summed E-state index contributed by atoms with van der Waals surface area (Å²) in [4.78, 5) is 16.7. The first kappa shape index (κ1) is 22.8. The summed E-state index contributed by atoms with van der Waals surface area (Å²) in [5, 5.41) is 2.83. The highest BCUT2D eigenvalue weighted by molar-refractivity contribution is 5.94. The third kappa shape index (κ3) is 5.85. The molecule has 2 heterocycles. The molecule has 0 bridgehead atoms. The molecule has 0 saturated heterocycles. The van der Waals surface area contributed by atoms with Gasteiger partial charge in [-0.15, -0.1) is 24.8 Å². The first-order chi connectivity index (χ1) is 12.0. The number of amides is 1. The van der Waals surface area contributed by atoms with Crippen LogP contribution < -0.4 is 15.8 Å². The zero-order valence-corrected chi connectivity index (χ0v) is 16.8. The number of aryl methyl sites for hydroxylation is 1. The van der Waals surface area contributed by atoms with E-state index in [0.717, 1.165) is 11.3 Å². The largest absolute Gasteiger partial charge is 0.487 e. The second-order valence-electron chi connectivity index (χ2n) is 6.13. The molecule has 3 aromatic rings. The number of pyridine rings is 1. The fraction of sp³-hybridized carbons (Fsp3) is 0.263. The number of hydrogen-bond donors (Lipinski definition) is 2. The van der Waals surface area contributed by atoms with Crippen molar-refractivity contribution in [2.45, 2.75) is 26.5 Å². The lowest BCUT2D eigenvalue weighted by Gasteiger charge is -2.12. The third-order valence-electron chi connectivity index (χ3n) is 3.86. The van der Waals surface area contributed by atoms with E-state index in [0.29, 0.717) is 24.5 Å². The normalized spacial score (nSPS) is 11.2. The fourth-order valence-electron chi connectivity index (χ4n) is 2.48. The molecule has 3 rings (SSSR count). The lowest BCUT2D eigenvalue weighted by molar-refractivity contribution is 0.0941. The van der Waals surface area contributed by atoms with Crippen molar-refractivity contribution in [1.82, 2.24) is 14.7 Å². The monoisotopic (exact) mass is 410 g/mol. The van der Waals surface area contributed by atoms with Crippen LogP contribution in [0.15, 0.2) is 48.8 Å². The van der Waals surface area contributed by atoms with Gasteiger partial charge in [-0.25, -0.2) is 4.98 Å². The van der Waals surface area contributed by atoms with Gasteiger partial charge in [-0.05, 0) is 43.7 Å². The first-order valence-corrected chi connectivity index (χ1v) is 8.23. The van der Waals surface area contributed by atoms with Gasteiger partial charge < -0.3 is 20.2 Å². The van der Waals surface area contributed by atoms with Crippen LogP contribution >= 0.6 is 24.8 Å². The summed E-state index contributed by atoms with van der Waals surface area (Å²) < 4.78 is 7.77. The minimum Gasteiger partial charge on any atom is -0.487 e. The Hall–Kier alpha value is -2.28. The number of nitrogens with one attached hydrogen (secondary N) is 1. The zero-order valence-electron chi connectivity index (χ0n) is 15.2. The van der Waals surface area contributed by atoms with Crippen molar-refractivity contribution in [2.75, 3.05) is 6.54 Å². The number of imidazole rings is 1. The van der Waals surface area contributed by atoms with Gasteiger partial charge >= 0.3 is 0 Å². The third-order valence-corrected chi connectivity index (χ3v) is 3.86. The van der Waals surface area contributed by atoms with E-state index < -0.39 is 0 Å². The van der Waals surface area contributed by atoms with Crippen LogP contribution in [0.3, 0.4) is 0 Å². The summed E-state index contributed by atoms with van der Waals surface area (Å²) in [6, 6.07) is 11.0. The number of hydrogen-bond acceptors (Lipinski definition) is 4. The molecule has 8 heteroatoms. The van der Waals surface area contributed by atoms with E-state index >= 15 is 0 Å². The fourth-order valence-corrected chi connectivity index (χ4v) is 2.48. The van der Waals surface area contributed by atoms with Crippen molar-refractivity contribution in [3.05, 3.63) is 65.6 Å². The maximum absolute atomic E-state index is 12.2. The first-order valence-electron chi connectivity index (χ1n) is 8.23. The van der Waals surface area contributed by atoms with E-state index in [1.165, 1.54) is 5.56 Å². The Balaban J connectivity index is 0.00000182. The second kappa shape index (κ2) is 10.2. The molecule has 2 aromatic heterocycles. The van der Waals surface area contributed by atoms with Gasteiger partial charge in [0.15, 0.2) is 0 Å². The number of carbonyl (C=O) groups excluding carboxylic acids is 1. The van der Waals surface area contributed by atoms with E-state index in [9.17, 15) is 4.79 Å². The van der Waals surface area contributed by atoms with Crippen molar-refractivity contribution in [3.63, 3.8) is 0 Å². The van der Waals surface area contributed by atoms with Crippen LogP contribution in [0.2, 0.25) is 0 Å². The molecular weight excluding hydrogens is 387 g/mol. The summed E-state index contributed by atoms with van der Waals surface area (Å²) in [7, 11) is 0. The molecule has 1 atom stereocenters. The Labute approximate surface area is 170 Å². The number of carbonyl (C=O) groups is 1. The van der Waals surface area contributed by atoms with E-state index in [2.05, 4.69) is 10.3 Å². The van der Waals surface area contributed by atoms with E-state index in [1.807, 2.05) is 48.8 Å². The van der Waals surface area contributed by atoms with Gasteiger partial charge in [0.2, 0.25) is 0 Å². The highest BCUT2D eigenvalue weighted by Crippen LogP contribution is 2.16. The average molecular weight is 411 g/mol. The van der Waals surface area contributed by atoms with Gasteiger partial charge in [0, 0.05) is 30.5 Å². The number of nitrogens with two attached hydrogens (primary N) is 1. The van der Waals surface area contributed by atoms with Crippen LogP contribution in [-0.2, 0) is 6.61 Å². The van der Waals surface area contributed by atoms with Gasteiger partial charge in [-0.2, -0.15) is 0 Å². The van der Waals surface area contributed by atoms with Crippen molar-refractivity contribution < 1.29 is 9.53 Å². The summed E-state index contributed by atoms with van der Waals surface area (Å²) in [5.41, 5.74) is 8.96. The number of benzene rings is 1. The molecule has 3 N–H and O–H groups in total. The number of halogens is 2. The molecule has 0 spiro atoms. The minimum atomic E-state index is -0.161. The van der Waals surface area contributed by atoms with Gasteiger partial charge in [0.05, 0.1) is 5.69 Å². The van der Waals surface area contributed by atoms with Gasteiger partial charge in [-0.1, -0.05) is 12.1 Å². The molecule has 0 aliphatic heterocycles. The number of aromatic nitrogens is 2. The van der Waals surface area contributed by atoms with E-state index in [-0.39, 0.29) is 36.8 Å². The molecule has 0 saturated carbocycles. The number of fused-ring (bicyclic) bond motifs is 1. The Morgan fingerprint density at radius 2 is 2.04 bits per heavy atom. The van der Waals surface area contributed by atoms with Crippen LogP contribution in [0.25, 0.3) is 5.65 Å². The number of nitrogens with zero attached hydrogens (tertiary/aromatic N) is 2. The quantitative estimate of drug-likeness (QED) is 0.653. The SMILES string of the molecule is Cc1ccc2nc(COc3cccc(C(=O)N[C@@H](C)CN)c3)cn2c1.Cl.Cl. The highest BCUT2D eigenvalue weighted by atomic mass is 35.5. The van der Waals surface area contributed by atoms with Crippen LogP contribution in [0, 0.1) is 6.92 Å². The molecule has 1 aromatic carbocycles. The van der Waals surface area contributed by atoms with Gasteiger partial charge in [0.25, 0.3) is 5.91 Å². The summed E-state index contributed by atoms with van der Waals surface area (Å²) >= 11 is 0. The van der Waals surface area contributed by atoms with Gasteiger partial charge in [-0.3, -0.25) is 4.79 Å². The van der Waals surface area contributed by atoms with Crippen molar-refractivity contribution in [1.29, 1.82) is 0 Å². The molecule has 0 aliphatic carbocycles. The molecule has 0 aliphatic rings. The van der Waals surface area contributed by atoms with Crippen molar-refractivity contribution in [3.8, 4) is 5.75 Å². The average Bonchev–Trinajstić information content (AvgIpc) is 3.02. The van der Waals surface area contributed by atoms with E-state index in [1.54, 1.807) is 18.2 Å². The van der Waals surface area contributed by atoms with Crippen LogP contribution in [-0.4, -0.2) is 27.9 Å². The van der Waals surface area contributed by atoms with E-state index in [4.69, 9.17) is 10.5 Å². The molecule has 0 fully saturated rings. The summed E-state index contributed by atoms with van der Waals surface area (Å²) in [6.07, 6.45) is 3.97. The molecule has 146 valence electrons. The summed E-state index contributed by atoms with van der Waals surface area (Å²) in [5.74, 6) is 0.466. The van der Waals surface area contributed by atoms with Crippen LogP contribution in [0.5, 0.6) is 5.75 Å². The predicted octanol–water partition coefficient (Wildman–Crippen LogP) is 3.14. The lowest BCUT2D eigenvalue weighted by Crippen LogP contribution is -2.37. The van der Waals surface area contributed by atoms with Crippen LogP contribution in [0.4, 0.5) is 0 Å². The zero-order chi connectivity index (χ0) is 17.8. The summed E-state index contributed by atoms with van der Waals surface area (Å²) in [6.45, 7) is 4.64. The van der Waals surface area contributed by atoms with Crippen molar-refractivity contribution in [2.24, 2.45) is 5.73 Å². The van der Waals surface area contributed by atoms with Gasteiger partial charge in [0.1, 0.15) is 18.0 Å². The lowest BCUT2D eigenvalue weighted by atomic mass is 10.2. The smallest absolute Gasteiger partial charge is 0.251 e. The number of ether oxygens (including phenoxy) is 1. The minimum absolute atomic E-state index is 0. The Morgan fingerprint density at radius 3 is 2.78 bits per heavy atom. The second-order valence-corrected chi connectivity index (χ2v) is 6.13.